The molecule has 0 radical (unpaired) electrons. The fraction of sp³-hybridized carbons (Fsp3) is 0.700. The van der Waals surface area contributed by atoms with Crippen LogP contribution in [0.15, 0.2) is 0 Å². The first-order valence-corrected chi connectivity index (χ1v) is 5.44. The first-order chi connectivity index (χ1) is 7.91. The van der Waals surface area contributed by atoms with Crippen LogP contribution >= 0.6 is 0 Å². The quantitative estimate of drug-likeness (QED) is 0.545. The molecule has 1 aliphatic heterocycles. The summed E-state index contributed by atoms with van der Waals surface area (Å²) in [6.07, 6.45) is 0.470. The number of likely N-dealkylation sites (N-methyl/N-ethyl adjacent to an activating group) is 1. The molecule has 0 spiro atoms. The predicted octanol–water partition coefficient (Wildman–Crippen LogP) is -1.47. The molecule has 0 aromatic rings. The number of rotatable bonds is 5. The lowest BCUT2D eigenvalue weighted by molar-refractivity contribution is -0.137. The summed E-state index contributed by atoms with van der Waals surface area (Å²) in [5.41, 5.74) is 5.52. The normalized spacial score (nSPS) is 21.4. The molecule has 2 amide bonds. The minimum absolute atomic E-state index is 0.0674. The smallest absolute Gasteiger partial charge is 0.303 e. The number of nitrogens with one attached hydrogen (secondary N) is 1. The summed E-state index contributed by atoms with van der Waals surface area (Å²) in [4.78, 5) is 34.9. The van der Waals surface area contributed by atoms with E-state index in [2.05, 4.69) is 5.32 Å². The van der Waals surface area contributed by atoms with Crippen LogP contribution in [-0.4, -0.2) is 53.5 Å². The maximum absolute atomic E-state index is 11.6. The molecule has 1 aliphatic rings. The Labute approximate surface area is 98.9 Å². The zero-order valence-corrected chi connectivity index (χ0v) is 9.68. The largest absolute Gasteiger partial charge is 0.481 e. The Kier molecular flexibility index (Phi) is 4.45. The molecule has 1 saturated heterocycles. The Hall–Kier alpha value is -1.63. The lowest BCUT2D eigenvalue weighted by atomic mass is 10.1. The number of carbonyl (C=O) groups excluding carboxylic acids is 2. The molecule has 2 unspecified atom stereocenters. The van der Waals surface area contributed by atoms with Crippen molar-refractivity contribution in [2.75, 3.05) is 13.6 Å². The molecule has 0 bridgehead atoms. The number of hydrogen-bond donors (Lipinski definition) is 3. The molecular weight excluding hydrogens is 226 g/mol. The monoisotopic (exact) mass is 243 g/mol. The van der Waals surface area contributed by atoms with E-state index in [1.807, 2.05) is 0 Å². The number of nitrogens with zero attached hydrogens (tertiary/aromatic N) is 1. The predicted molar refractivity (Wildman–Crippen MR) is 59.0 cm³/mol. The Morgan fingerprint density at radius 1 is 1.65 bits per heavy atom. The van der Waals surface area contributed by atoms with Gasteiger partial charge in [0.25, 0.3) is 0 Å². The topological polar surface area (TPSA) is 113 Å². The molecule has 1 rings (SSSR count). The molecular formula is C10H17N3O4. The molecule has 1 fully saturated rings. The lowest BCUT2D eigenvalue weighted by Crippen LogP contribution is -2.48. The van der Waals surface area contributed by atoms with Gasteiger partial charge in [-0.15, -0.1) is 0 Å². The van der Waals surface area contributed by atoms with E-state index < -0.39 is 24.0 Å². The van der Waals surface area contributed by atoms with Crippen molar-refractivity contribution in [1.29, 1.82) is 0 Å². The number of carbonyl (C=O) groups is 3. The molecule has 96 valence electrons. The molecule has 4 N–H and O–H groups in total. The van der Waals surface area contributed by atoms with E-state index in [-0.39, 0.29) is 18.7 Å². The molecule has 17 heavy (non-hydrogen) atoms. The van der Waals surface area contributed by atoms with E-state index in [9.17, 15) is 14.4 Å². The van der Waals surface area contributed by atoms with E-state index in [4.69, 9.17) is 10.8 Å². The molecule has 0 aliphatic carbocycles. The lowest BCUT2D eigenvalue weighted by Gasteiger charge is -2.15. The second kappa shape index (κ2) is 5.62. The van der Waals surface area contributed by atoms with Gasteiger partial charge in [-0.05, 0) is 12.8 Å². The van der Waals surface area contributed by atoms with Crippen LogP contribution in [0.3, 0.4) is 0 Å². The van der Waals surface area contributed by atoms with E-state index in [0.717, 1.165) is 0 Å². The summed E-state index contributed by atoms with van der Waals surface area (Å²) >= 11 is 0. The van der Waals surface area contributed by atoms with Gasteiger partial charge in [0.05, 0.1) is 6.04 Å². The maximum Gasteiger partial charge on any atom is 0.303 e. The van der Waals surface area contributed by atoms with Crippen molar-refractivity contribution >= 4 is 17.8 Å². The molecule has 7 heteroatoms. The first-order valence-electron chi connectivity index (χ1n) is 5.44. The van der Waals surface area contributed by atoms with E-state index in [1.54, 1.807) is 7.05 Å². The highest BCUT2D eigenvalue weighted by atomic mass is 16.4. The Bertz CT molecular complexity index is 332. The van der Waals surface area contributed by atoms with Crippen molar-refractivity contribution in [1.82, 2.24) is 10.2 Å². The Morgan fingerprint density at radius 3 is 2.76 bits per heavy atom. The molecule has 0 aromatic carbocycles. The van der Waals surface area contributed by atoms with Crippen molar-refractivity contribution in [2.24, 2.45) is 5.73 Å². The third kappa shape index (κ3) is 3.70. The zero-order chi connectivity index (χ0) is 13.0. The zero-order valence-electron chi connectivity index (χ0n) is 9.68. The summed E-state index contributed by atoms with van der Waals surface area (Å²) in [6.45, 7) is 0.605. The van der Waals surface area contributed by atoms with Gasteiger partial charge in [0.15, 0.2) is 0 Å². The molecule has 2 atom stereocenters. The van der Waals surface area contributed by atoms with Crippen LogP contribution in [0.5, 0.6) is 0 Å². The van der Waals surface area contributed by atoms with Crippen molar-refractivity contribution < 1.29 is 19.5 Å². The summed E-state index contributed by atoms with van der Waals surface area (Å²) < 4.78 is 0. The third-order valence-electron chi connectivity index (χ3n) is 2.75. The van der Waals surface area contributed by atoms with Crippen LogP contribution in [0.25, 0.3) is 0 Å². The van der Waals surface area contributed by atoms with Crippen molar-refractivity contribution in [3.05, 3.63) is 0 Å². The molecule has 0 saturated carbocycles. The van der Waals surface area contributed by atoms with Gasteiger partial charge in [-0.25, -0.2) is 0 Å². The van der Waals surface area contributed by atoms with Crippen molar-refractivity contribution in [3.8, 4) is 0 Å². The maximum atomic E-state index is 11.6. The Balaban J connectivity index is 2.38. The van der Waals surface area contributed by atoms with Crippen LogP contribution in [-0.2, 0) is 14.4 Å². The van der Waals surface area contributed by atoms with Gasteiger partial charge in [0.2, 0.25) is 11.8 Å². The second-order valence-corrected chi connectivity index (χ2v) is 4.15. The van der Waals surface area contributed by atoms with Gasteiger partial charge in [-0.1, -0.05) is 0 Å². The average molecular weight is 243 g/mol. The number of likely N-dealkylation sites (tertiary alicyclic amines) is 1. The highest BCUT2D eigenvalue weighted by Gasteiger charge is 2.31. The number of carboxylic acid groups (broad SMARTS) is 1. The number of carboxylic acids is 1. The SMILES string of the molecule is CN1CCC(NC(=O)C(N)CCC(=O)O)C1=O. The minimum Gasteiger partial charge on any atom is -0.481 e. The number of aliphatic carboxylic acids is 1. The summed E-state index contributed by atoms with van der Waals surface area (Å²) in [5.74, 6) is -1.60. The van der Waals surface area contributed by atoms with Crippen LogP contribution in [0.2, 0.25) is 0 Å². The van der Waals surface area contributed by atoms with Gasteiger partial charge in [-0.2, -0.15) is 0 Å². The fourth-order valence-electron chi connectivity index (χ4n) is 1.65. The van der Waals surface area contributed by atoms with Crippen molar-refractivity contribution in [3.63, 3.8) is 0 Å². The highest BCUT2D eigenvalue weighted by Crippen LogP contribution is 2.08. The molecule has 0 aromatic heterocycles. The third-order valence-corrected chi connectivity index (χ3v) is 2.75. The van der Waals surface area contributed by atoms with Crippen LogP contribution in [0, 0.1) is 0 Å². The van der Waals surface area contributed by atoms with Crippen LogP contribution < -0.4 is 11.1 Å². The number of hydrogen-bond acceptors (Lipinski definition) is 4. The van der Waals surface area contributed by atoms with Gasteiger partial charge in [-0.3, -0.25) is 14.4 Å². The van der Waals surface area contributed by atoms with Crippen LogP contribution in [0.4, 0.5) is 0 Å². The van der Waals surface area contributed by atoms with Crippen molar-refractivity contribution in [2.45, 2.75) is 31.3 Å². The minimum atomic E-state index is -0.995. The van der Waals surface area contributed by atoms with Crippen LogP contribution in [0.1, 0.15) is 19.3 Å². The van der Waals surface area contributed by atoms with E-state index in [1.165, 1.54) is 4.90 Å². The number of nitrogens with two attached hydrogens (primary N) is 1. The summed E-state index contributed by atoms with van der Waals surface area (Å²) in [6, 6.07) is -1.41. The Morgan fingerprint density at radius 2 is 2.29 bits per heavy atom. The molecule has 7 nitrogen and oxygen atoms in total. The van der Waals surface area contributed by atoms with Gasteiger partial charge < -0.3 is 21.1 Å². The summed E-state index contributed by atoms with van der Waals surface area (Å²) in [7, 11) is 1.67. The van der Waals surface area contributed by atoms with Gasteiger partial charge >= 0.3 is 5.97 Å². The highest BCUT2D eigenvalue weighted by molar-refractivity contribution is 5.90. The van der Waals surface area contributed by atoms with E-state index in [0.29, 0.717) is 13.0 Å². The average Bonchev–Trinajstić information content (AvgIpc) is 2.57. The van der Waals surface area contributed by atoms with Gasteiger partial charge in [0.1, 0.15) is 6.04 Å². The first kappa shape index (κ1) is 13.4. The van der Waals surface area contributed by atoms with Gasteiger partial charge in [0, 0.05) is 20.0 Å². The summed E-state index contributed by atoms with van der Waals surface area (Å²) in [5, 5.41) is 11.0. The molecule has 1 heterocycles. The standard InChI is InChI=1S/C10H17N3O4/c1-13-5-4-7(10(13)17)12-9(16)6(11)2-3-8(14)15/h6-7H,2-5,11H2,1H3,(H,12,16)(H,14,15). The van der Waals surface area contributed by atoms with E-state index >= 15 is 0 Å². The second-order valence-electron chi connectivity index (χ2n) is 4.15. The fourth-order valence-corrected chi connectivity index (χ4v) is 1.65. The number of amides is 2.